The third-order valence-electron chi connectivity index (χ3n) is 5.65. The number of carbonyl (C=O) groups excluding carboxylic acids is 2. The Balaban J connectivity index is 1.66. The number of methoxy groups -OCH3 is 2. The van der Waals surface area contributed by atoms with Gasteiger partial charge in [0.05, 0.1) is 38.7 Å². The minimum absolute atomic E-state index is 0.196. The number of aliphatic hydroxyl groups excluding tert-OH is 1. The molecule has 1 aliphatic heterocycles. The van der Waals surface area contributed by atoms with Crippen LogP contribution in [0.25, 0.3) is 0 Å². The number of carbonyl (C=O) groups is 3. The van der Waals surface area contributed by atoms with Crippen molar-refractivity contribution in [3.63, 3.8) is 0 Å². The summed E-state index contributed by atoms with van der Waals surface area (Å²) in [5, 5.41) is 28.4. The minimum Gasteiger partial charge on any atom is -0.493 e. The van der Waals surface area contributed by atoms with Gasteiger partial charge in [-0.2, -0.15) is 5.10 Å². The third kappa shape index (κ3) is 8.25. The lowest BCUT2D eigenvalue weighted by Crippen LogP contribution is -2.45. The van der Waals surface area contributed by atoms with Gasteiger partial charge < -0.3 is 44.5 Å². The fraction of sp³-hybridized carbons (Fsp3) is 0.333. The Hall–Kier alpha value is -4.98. The maximum atomic E-state index is 12.4. The van der Waals surface area contributed by atoms with Crippen LogP contribution in [0.2, 0.25) is 0 Å². The molecule has 1 heterocycles. The van der Waals surface area contributed by atoms with Crippen molar-refractivity contribution in [1.29, 1.82) is 0 Å². The second kappa shape index (κ2) is 14.4. The molecule has 2 atom stereocenters. The van der Waals surface area contributed by atoms with Crippen LogP contribution in [0, 0.1) is 0 Å². The van der Waals surface area contributed by atoms with Gasteiger partial charge in [0.15, 0.2) is 35.8 Å². The first kappa shape index (κ1) is 30.6. The predicted molar refractivity (Wildman–Crippen MR) is 145 cm³/mol. The summed E-state index contributed by atoms with van der Waals surface area (Å²) in [7, 11) is 2.68. The van der Waals surface area contributed by atoms with E-state index in [-0.39, 0.29) is 17.9 Å². The van der Waals surface area contributed by atoms with E-state index in [4.69, 9.17) is 28.8 Å². The molecule has 0 saturated heterocycles. The molecule has 5 N–H and O–H groups in total. The number of rotatable bonds is 14. The molecule has 0 spiro atoms. The number of urea groups is 1. The summed E-state index contributed by atoms with van der Waals surface area (Å²) in [4.78, 5) is 35.2. The molecule has 1 aliphatic rings. The Morgan fingerprint density at radius 1 is 1.07 bits per heavy atom. The lowest BCUT2D eigenvalue weighted by Gasteiger charge is -2.28. The average Bonchev–Trinajstić information content (AvgIpc) is 2.95. The van der Waals surface area contributed by atoms with Crippen molar-refractivity contribution in [3.05, 3.63) is 58.8 Å². The van der Waals surface area contributed by atoms with E-state index in [1.807, 2.05) is 0 Å². The van der Waals surface area contributed by atoms with Gasteiger partial charge in [-0.25, -0.2) is 14.4 Å². The maximum absolute atomic E-state index is 12.4. The molecule has 0 bridgehead atoms. The van der Waals surface area contributed by atoms with Crippen molar-refractivity contribution >= 4 is 24.2 Å². The molecule has 41 heavy (non-hydrogen) atoms. The summed E-state index contributed by atoms with van der Waals surface area (Å²) in [6.45, 7) is 3.01. The van der Waals surface area contributed by atoms with Crippen molar-refractivity contribution in [2.45, 2.75) is 26.1 Å². The van der Waals surface area contributed by atoms with E-state index in [1.165, 1.54) is 20.4 Å². The van der Waals surface area contributed by atoms with E-state index in [2.05, 4.69) is 21.2 Å². The van der Waals surface area contributed by atoms with E-state index in [0.717, 1.165) is 0 Å². The Labute approximate surface area is 235 Å². The number of nitrogens with zero attached hydrogens (tertiary/aromatic N) is 1. The summed E-state index contributed by atoms with van der Waals surface area (Å²) in [5.74, 6) is -0.457. The van der Waals surface area contributed by atoms with Gasteiger partial charge in [-0.15, -0.1) is 0 Å². The van der Waals surface area contributed by atoms with Gasteiger partial charge in [0.2, 0.25) is 0 Å². The first-order valence-corrected chi connectivity index (χ1v) is 12.4. The largest absolute Gasteiger partial charge is 0.493 e. The highest BCUT2D eigenvalue weighted by molar-refractivity contribution is 5.95. The molecule has 0 aliphatic carbocycles. The van der Waals surface area contributed by atoms with Crippen LogP contribution in [0.4, 0.5) is 4.79 Å². The lowest BCUT2D eigenvalue weighted by molar-refractivity contribution is -0.139. The van der Waals surface area contributed by atoms with Crippen LogP contribution in [0.15, 0.2) is 52.8 Å². The third-order valence-corrected chi connectivity index (χ3v) is 5.65. The van der Waals surface area contributed by atoms with Crippen molar-refractivity contribution in [2.75, 3.05) is 34.0 Å². The van der Waals surface area contributed by atoms with Gasteiger partial charge in [-0.1, -0.05) is 6.07 Å². The SMILES string of the molecule is CCOc1cc([C@@H]2NC(=O)NC(C)=C2C(=O)OC)ccc1OC[C@@H](O)N/N=C\c1ccc(OCC(=O)O)c(OC)c1. The molecule has 3 rings (SSSR count). The highest BCUT2D eigenvalue weighted by Gasteiger charge is 2.32. The first-order chi connectivity index (χ1) is 19.7. The molecule has 14 heteroatoms. The minimum atomic E-state index is -1.19. The molecule has 2 aromatic rings. The first-order valence-electron chi connectivity index (χ1n) is 12.4. The van der Waals surface area contributed by atoms with Crippen LogP contribution in [0.5, 0.6) is 23.0 Å². The van der Waals surface area contributed by atoms with Crippen LogP contribution in [-0.4, -0.2) is 74.7 Å². The second-order valence-corrected chi connectivity index (χ2v) is 8.51. The summed E-state index contributed by atoms with van der Waals surface area (Å²) in [6, 6.07) is 8.44. The molecular weight excluding hydrogens is 540 g/mol. The number of amides is 2. The number of aliphatic hydroxyl groups is 1. The molecule has 0 aromatic heterocycles. The van der Waals surface area contributed by atoms with Crippen LogP contribution < -0.4 is 35.0 Å². The average molecular weight is 573 g/mol. The molecule has 220 valence electrons. The van der Waals surface area contributed by atoms with Gasteiger partial charge in [-0.05, 0) is 55.3 Å². The zero-order valence-electron chi connectivity index (χ0n) is 22.9. The highest BCUT2D eigenvalue weighted by Crippen LogP contribution is 2.35. The number of ether oxygens (including phenoxy) is 5. The van der Waals surface area contributed by atoms with Crippen molar-refractivity contribution in [3.8, 4) is 23.0 Å². The fourth-order valence-corrected chi connectivity index (χ4v) is 3.84. The van der Waals surface area contributed by atoms with Crippen molar-refractivity contribution in [2.24, 2.45) is 5.10 Å². The lowest BCUT2D eigenvalue weighted by atomic mass is 9.95. The van der Waals surface area contributed by atoms with Crippen LogP contribution in [0.1, 0.15) is 31.0 Å². The summed E-state index contributed by atoms with van der Waals surface area (Å²) < 4.78 is 26.7. The quantitative estimate of drug-likeness (QED) is 0.0959. The van der Waals surface area contributed by atoms with E-state index in [0.29, 0.717) is 40.7 Å². The predicted octanol–water partition coefficient (Wildman–Crippen LogP) is 1.68. The van der Waals surface area contributed by atoms with Gasteiger partial charge in [0, 0.05) is 5.70 Å². The number of hydrogen-bond donors (Lipinski definition) is 5. The highest BCUT2D eigenvalue weighted by atomic mass is 16.5. The molecule has 2 amide bonds. The summed E-state index contributed by atoms with van der Waals surface area (Å²) in [6.07, 6.45) is 0.232. The Kier molecular flexibility index (Phi) is 10.7. The smallest absolute Gasteiger partial charge is 0.341 e. The Morgan fingerprint density at radius 2 is 1.80 bits per heavy atom. The standard InChI is InChI=1S/C27H32N4O10/c1-5-39-21-11-17(25-24(26(35)38-4)15(2)29-27(36)30-25)7-9-19(21)40-13-22(32)31-28-12-16-6-8-18(20(10-16)37-3)41-14-23(33)34/h6-12,22,25,31-32H,5,13-14H2,1-4H3,(H,33,34)(H2,29,30,36)/b28-12-/t22-,25+/m1/s1. The number of esters is 1. The molecule has 2 aromatic carbocycles. The number of nitrogens with one attached hydrogen (secondary N) is 3. The normalized spacial score (nSPS) is 15.4. The monoisotopic (exact) mass is 572 g/mol. The van der Waals surface area contributed by atoms with Gasteiger partial charge >= 0.3 is 18.0 Å². The molecule has 0 saturated carbocycles. The fourth-order valence-electron chi connectivity index (χ4n) is 3.84. The number of hydrogen-bond acceptors (Lipinski definition) is 11. The zero-order valence-corrected chi connectivity index (χ0v) is 22.9. The number of benzene rings is 2. The van der Waals surface area contributed by atoms with E-state index in [9.17, 15) is 19.5 Å². The van der Waals surface area contributed by atoms with Gasteiger partial charge in [0.25, 0.3) is 0 Å². The van der Waals surface area contributed by atoms with Gasteiger partial charge in [0.1, 0.15) is 6.61 Å². The number of allylic oxidation sites excluding steroid dienone is 1. The summed E-state index contributed by atoms with van der Waals surface area (Å²) >= 11 is 0. The van der Waals surface area contributed by atoms with Crippen LogP contribution >= 0.6 is 0 Å². The van der Waals surface area contributed by atoms with Crippen LogP contribution in [-0.2, 0) is 14.3 Å². The molecule has 0 unspecified atom stereocenters. The summed E-state index contributed by atoms with van der Waals surface area (Å²) in [5.41, 5.74) is 4.33. The molecule has 14 nitrogen and oxygen atoms in total. The van der Waals surface area contributed by atoms with E-state index >= 15 is 0 Å². The Morgan fingerprint density at radius 3 is 2.49 bits per heavy atom. The number of carboxylic acid groups (broad SMARTS) is 1. The molecular formula is C27H32N4O10. The number of carboxylic acids is 1. The Bertz CT molecular complexity index is 1330. The molecule has 0 fully saturated rings. The van der Waals surface area contributed by atoms with E-state index in [1.54, 1.807) is 50.2 Å². The maximum Gasteiger partial charge on any atom is 0.341 e. The van der Waals surface area contributed by atoms with E-state index < -0.39 is 36.8 Å². The van der Waals surface area contributed by atoms with Crippen LogP contribution in [0.3, 0.4) is 0 Å². The second-order valence-electron chi connectivity index (χ2n) is 8.51. The number of aliphatic carboxylic acids is 1. The van der Waals surface area contributed by atoms with Gasteiger partial charge in [-0.3, -0.25) is 5.43 Å². The molecule has 0 radical (unpaired) electrons. The van der Waals surface area contributed by atoms with Crippen molar-refractivity contribution < 1.29 is 48.3 Å². The number of hydrazone groups is 1. The topological polar surface area (TPSA) is 186 Å². The zero-order chi connectivity index (χ0) is 29.9. The van der Waals surface area contributed by atoms with Crippen molar-refractivity contribution in [1.82, 2.24) is 16.1 Å².